The summed E-state index contributed by atoms with van der Waals surface area (Å²) in [7, 11) is 0. The number of nitrogens with one attached hydrogen (secondary N) is 1. The fraction of sp³-hybridized carbons (Fsp3) is 0.962. The maximum Gasteiger partial charge on any atom is 0.302 e. The molecule has 0 saturated heterocycles. The van der Waals surface area contributed by atoms with Gasteiger partial charge in [0.1, 0.15) is 0 Å². The van der Waals surface area contributed by atoms with Gasteiger partial charge in [-0.25, -0.2) is 0 Å². The normalized spacial score (nSPS) is 10.5. The first-order valence-corrected chi connectivity index (χ1v) is 13.0. The minimum absolute atomic E-state index is 0.182. The number of hydrogen-bond acceptors (Lipinski definition) is 3. The van der Waals surface area contributed by atoms with Crippen LogP contribution in [0.1, 0.15) is 143 Å². The first-order valence-electron chi connectivity index (χ1n) is 13.0. The Morgan fingerprint density at radius 3 is 1.24 bits per heavy atom. The molecule has 0 unspecified atom stereocenters. The lowest BCUT2D eigenvalue weighted by Gasteiger charge is -2.05. The van der Waals surface area contributed by atoms with E-state index in [0.29, 0.717) is 6.61 Å². The second-order valence-corrected chi connectivity index (χ2v) is 8.39. The maximum absolute atomic E-state index is 10.1. The Morgan fingerprint density at radius 1 is 0.552 bits per heavy atom. The van der Waals surface area contributed by atoms with Crippen molar-refractivity contribution in [2.45, 2.75) is 143 Å². The predicted molar refractivity (Wildman–Crippen MR) is 130 cm³/mol. The molecule has 0 amide bonds. The van der Waals surface area contributed by atoms with E-state index in [2.05, 4.69) is 30.8 Å². The topological polar surface area (TPSA) is 38.3 Å². The molecule has 29 heavy (non-hydrogen) atoms. The van der Waals surface area contributed by atoms with Crippen molar-refractivity contribution < 1.29 is 9.53 Å². The average Bonchev–Trinajstić information content (AvgIpc) is 2.71. The highest BCUT2D eigenvalue weighted by atomic mass is 16.5. The highest BCUT2D eigenvalue weighted by Crippen LogP contribution is 2.09. The molecule has 0 rings (SSSR count). The van der Waals surface area contributed by atoms with Crippen LogP contribution in [0.4, 0.5) is 0 Å². The van der Waals surface area contributed by atoms with Gasteiger partial charge >= 0.3 is 5.97 Å². The lowest BCUT2D eigenvalue weighted by Crippen LogP contribution is -2.16. The zero-order valence-electron chi connectivity index (χ0n) is 20.7. The zero-order chi connectivity index (χ0) is 21.8. The molecule has 0 aromatic heterocycles. The zero-order valence-corrected chi connectivity index (χ0v) is 20.7. The smallest absolute Gasteiger partial charge is 0.302 e. The van der Waals surface area contributed by atoms with Crippen molar-refractivity contribution in [2.75, 3.05) is 19.7 Å². The minimum Gasteiger partial charge on any atom is -0.466 e. The average molecular weight is 414 g/mol. The van der Waals surface area contributed by atoms with Gasteiger partial charge < -0.3 is 10.1 Å². The molecule has 0 aliphatic carbocycles. The molecule has 0 fully saturated rings. The van der Waals surface area contributed by atoms with E-state index in [9.17, 15) is 4.79 Å². The summed E-state index contributed by atoms with van der Waals surface area (Å²) in [6.07, 6.45) is 24.9. The van der Waals surface area contributed by atoms with Crippen LogP contribution >= 0.6 is 0 Å². The number of unbranched alkanes of at least 4 members (excludes halogenated alkanes) is 15. The Kier molecular flexibility index (Phi) is 31.3. The van der Waals surface area contributed by atoms with E-state index < -0.39 is 0 Å². The fourth-order valence-electron chi connectivity index (χ4n) is 3.25. The number of esters is 1. The van der Waals surface area contributed by atoms with E-state index in [1.165, 1.54) is 123 Å². The summed E-state index contributed by atoms with van der Waals surface area (Å²) >= 11 is 0. The van der Waals surface area contributed by atoms with E-state index in [-0.39, 0.29) is 5.97 Å². The van der Waals surface area contributed by atoms with Gasteiger partial charge in [-0.15, -0.1) is 0 Å². The van der Waals surface area contributed by atoms with Crippen LogP contribution in [0, 0.1) is 0 Å². The third-order valence-corrected chi connectivity index (χ3v) is 5.22. The first kappa shape index (κ1) is 30.6. The van der Waals surface area contributed by atoms with Crippen LogP contribution in [0.3, 0.4) is 0 Å². The predicted octanol–water partition coefficient (Wildman–Crippen LogP) is 8.21. The van der Waals surface area contributed by atoms with Gasteiger partial charge in [0.2, 0.25) is 0 Å². The molecule has 3 nitrogen and oxygen atoms in total. The molecular weight excluding hydrogens is 358 g/mol. The van der Waals surface area contributed by atoms with Crippen molar-refractivity contribution in [3.05, 3.63) is 0 Å². The molecule has 0 heterocycles. The number of hydrogen-bond donors (Lipinski definition) is 1. The van der Waals surface area contributed by atoms with Gasteiger partial charge in [-0.3, -0.25) is 4.79 Å². The molecule has 0 aromatic rings. The molecule has 0 spiro atoms. The number of carbonyl (C=O) groups is 1. The van der Waals surface area contributed by atoms with Crippen molar-refractivity contribution in [3.8, 4) is 0 Å². The van der Waals surface area contributed by atoms with Gasteiger partial charge in [-0.1, -0.05) is 117 Å². The molecule has 0 aromatic carbocycles. The van der Waals surface area contributed by atoms with Crippen LogP contribution in [0.25, 0.3) is 0 Å². The number of ether oxygens (including phenoxy) is 1. The standard InChI is InChI=1S/C20H43N.C6H12O2/c1-3-5-7-9-11-13-15-17-19-21-20-18-16-14-12-10-8-6-4-2;1-3-4-5-8-6(2)7/h21H,3-20H2,1-2H3;3-5H2,1-2H3. The second-order valence-electron chi connectivity index (χ2n) is 8.39. The maximum atomic E-state index is 10.1. The van der Waals surface area contributed by atoms with E-state index in [1.807, 2.05) is 0 Å². The van der Waals surface area contributed by atoms with E-state index >= 15 is 0 Å². The molecule has 0 aliphatic heterocycles. The van der Waals surface area contributed by atoms with Crippen molar-refractivity contribution in [2.24, 2.45) is 0 Å². The van der Waals surface area contributed by atoms with E-state index in [0.717, 1.165) is 12.8 Å². The van der Waals surface area contributed by atoms with Crippen LogP contribution < -0.4 is 5.32 Å². The lowest BCUT2D eigenvalue weighted by molar-refractivity contribution is -0.141. The Balaban J connectivity index is 0. The summed E-state index contributed by atoms with van der Waals surface area (Å²) in [6.45, 7) is 11.1. The SMILES string of the molecule is CCCCCCCCCCNCCCCCCCCCC.CCCCOC(C)=O. The highest BCUT2D eigenvalue weighted by molar-refractivity contribution is 5.65. The summed E-state index contributed by atoms with van der Waals surface area (Å²) in [5, 5.41) is 3.61. The van der Waals surface area contributed by atoms with Gasteiger partial charge in [0.05, 0.1) is 6.61 Å². The molecule has 0 saturated carbocycles. The summed E-state index contributed by atoms with van der Waals surface area (Å²) in [5.74, 6) is -0.182. The highest BCUT2D eigenvalue weighted by Gasteiger charge is 1.93. The van der Waals surface area contributed by atoms with Crippen molar-refractivity contribution in [1.82, 2.24) is 5.32 Å². The molecule has 1 N–H and O–H groups in total. The molecule has 3 heteroatoms. The van der Waals surface area contributed by atoms with Gasteiger partial charge in [0, 0.05) is 6.92 Å². The van der Waals surface area contributed by atoms with Gasteiger partial charge in [-0.2, -0.15) is 0 Å². The lowest BCUT2D eigenvalue weighted by atomic mass is 10.1. The second kappa shape index (κ2) is 29.6. The van der Waals surface area contributed by atoms with E-state index in [1.54, 1.807) is 0 Å². The van der Waals surface area contributed by atoms with Crippen molar-refractivity contribution >= 4 is 5.97 Å². The number of rotatable bonds is 21. The van der Waals surface area contributed by atoms with Gasteiger partial charge in [-0.05, 0) is 32.4 Å². The summed E-state index contributed by atoms with van der Waals surface area (Å²) in [5.41, 5.74) is 0. The van der Waals surface area contributed by atoms with Crippen LogP contribution in [-0.2, 0) is 9.53 Å². The molecular formula is C26H55NO2. The van der Waals surface area contributed by atoms with E-state index in [4.69, 9.17) is 0 Å². The molecule has 0 bridgehead atoms. The van der Waals surface area contributed by atoms with Gasteiger partial charge in [0.15, 0.2) is 0 Å². The molecule has 176 valence electrons. The Labute approximate surface area is 184 Å². The van der Waals surface area contributed by atoms with Crippen LogP contribution in [0.5, 0.6) is 0 Å². The van der Waals surface area contributed by atoms with Crippen LogP contribution in [0.2, 0.25) is 0 Å². The monoisotopic (exact) mass is 413 g/mol. The Morgan fingerprint density at radius 2 is 0.897 bits per heavy atom. The number of carbonyl (C=O) groups excluding carboxylic acids is 1. The summed E-state index contributed by atoms with van der Waals surface area (Å²) in [4.78, 5) is 10.1. The van der Waals surface area contributed by atoms with Crippen molar-refractivity contribution in [3.63, 3.8) is 0 Å². The third-order valence-electron chi connectivity index (χ3n) is 5.22. The largest absolute Gasteiger partial charge is 0.466 e. The quantitative estimate of drug-likeness (QED) is 0.152. The molecule has 0 atom stereocenters. The minimum atomic E-state index is -0.182. The Hall–Kier alpha value is -0.570. The summed E-state index contributed by atoms with van der Waals surface area (Å²) < 4.78 is 4.64. The first-order chi connectivity index (χ1) is 14.2. The third kappa shape index (κ3) is 35.3. The van der Waals surface area contributed by atoms with Crippen molar-refractivity contribution in [1.29, 1.82) is 0 Å². The van der Waals surface area contributed by atoms with Gasteiger partial charge in [0.25, 0.3) is 0 Å². The van der Waals surface area contributed by atoms with Crippen LogP contribution in [-0.4, -0.2) is 25.7 Å². The fourth-order valence-corrected chi connectivity index (χ4v) is 3.25. The molecule has 0 aliphatic rings. The summed E-state index contributed by atoms with van der Waals surface area (Å²) in [6, 6.07) is 0. The Bertz CT molecular complexity index is 276. The van der Waals surface area contributed by atoms with Crippen LogP contribution in [0.15, 0.2) is 0 Å². The molecule has 0 radical (unpaired) electrons.